The number of nitrogens with one attached hydrogen (secondary N) is 1. The van der Waals surface area contributed by atoms with Crippen LogP contribution in [0.4, 0.5) is 5.69 Å². The molecule has 0 spiro atoms. The highest BCUT2D eigenvalue weighted by atomic mass is 32.2. The van der Waals surface area contributed by atoms with E-state index in [1.807, 2.05) is 45.0 Å². The standard InChI is InChI=1S/C30H37N3O5S/c1-6-31-30(35)24(5)32(20-25-11-9-8-10-23(25)4)29(34)21-33(26-14-16-27(17-15-26)38-7-2)39(36,37)28-18-12-22(3)13-19-28/h8-19,24H,6-7,20-21H2,1-5H3,(H,31,35)/t24-/m0/s1. The van der Waals surface area contributed by atoms with Gasteiger partial charge in [0.2, 0.25) is 11.8 Å². The van der Waals surface area contributed by atoms with Gasteiger partial charge in [-0.15, -0.1) is 0 Å². The van der Waals surface area contributed by atoms with Crippen LogP contribution in [0.3, 0.4) is 0 Å². The Morgan fingerprint density at radius 2 is 1.56 bits per heavy atom. The largest absolute Gasteiger partial charge is 0.494 e. The van der Waals surface area contributed by atoms with Crippen LogP contribution in [0.5, 0.6) is 5.75 Å². The van der Waals surface area contributed by atoms with Gasteiger partial charge in [-0.3, -0.25) is 13.9 Å². The second-order valence-corrected chi connectivity index (χ2v) is 11.1. The van der Waals surface area contributed by atoms with Gasteiger partial charge in [0.05, 0.1) is 17.2 Å². The lowest BCUT2D eigenvalue weighted by molar-refractivity contribution is -0.139. The van der Waals surface area contributed by atoms with E-state index in [1.54, 1.807) is 50.2 Å². The summed E-state index contributed by atoms with van der Waals surface area (Å²) in [5.41, 5.74) is 3.07. The smallest absolute Gasteiger partial charge is 0.264 e. The first-order chi connectivity index (χ1) is 18.6. The minimum atomic E-state index is -4.12. The monoisotopic (exact) mass is 551 g/mol. The second kappa shape index (κ2) is 13.3. The van der Waals surface area contributed by atoms with Crippen molar-refractivity contribution < 1.29 is 22.7 Å². The second-order valence-electron chi connectivity index (χ2n) is 9.27. The van der Waals surface area contributed by atoms with Gasteiger partial charge in [-0.1, -0.05) is 42.0 Å². The molecule has 0 aliphatic rings. The van der Waals surface area contributed by atoms with Crippen LogP contribution in [0.25, 0.3) is 0 Å². The van der Waals surface area contributed by atoms with Gasteiger partial charge in [0.1, 0.15) is 18.3 Å². The van der Waals surface area contributed by atoms with E-state index in [9.17, 15) is 18.0 Å². The number of rotatable bonds is 12. The number of anilines is 1. The summed E-state index contributed by atoms with van der Waals surface area (Å²) in [4.78, 5) is 28.2. The molecule has 9 heteroatoms. The highest BCUT2D eigenvalue weighted by Gasteiger charge is 2.32. The summed E-state index contributed by atoms with van der Waals surface area (Å²) in [6.45, 7) is 9.67. The molecule has 3 aromatic carbocycles. The number of sulfonamides is 1. The third-order valence-electron chi connectivity index (χ3n) is 6.44. The minimum absolute atomic E-state index is 0.0667. The Morgan fingerprint density at radius 3 is 2.15 bits per heavy atom. The van der Waals surface area contributed by atoms with Crippen LogP contribution in [-0.4, -0.2) is 50.9 Å². The molecule has 3 rings (SSSR count). The van der Waals surface area contributed by atoms with Crippen LogP contribution in [0.2, 0.25) is 0 Å². The first-order valence-electron chi connectivity index (χ1n) is 13.0. The minimum Gasteiger partial charge on any atom is -0.494 e. The zero-order valence-electron chi connectivity index (χ0n) is 23.2. The number of carbonyl (C=O) groups is 2. The van der Waals surface area contributed by atoms with Gasteiger partial charge in [-0.05, 0) is 82.1 Å². The SMILES string of the molecule is CCNC(=O)[C@H](C)N(Cc1ccccc1C)C(=O)CN(c1ccc(OCC)cc1)S(=O)(=O)c1ccc(C)cc1. The van der Waals surface area contributed by atoms with Crippen LogP contribution in [-0.2, 0) is 26.2 Å². The summed E-state index contributed by atoms with van der Waals surface area (Å²) in [5, 5.41) is 2.77. The summed E-state index contributed by atoms with van der Waals surface area (Å²) in [6, 6.07) is 19.8. The van der Waals surface area contributed by atoms with Crippen molar-refractivity contribution in [2.24, 2.45) is 0 Å². The maximum absolute atomic E-state index is 13.9. The van der Waals surface area contributed by atoms with Gasteiger partial charge >= 0.3 is 0 Å². The third kappa shape index (κ3) is 7.38. The van der Waals surface area contributed by atoms with E-state index in [-0.39, 0.29) is 17.3 Å². The molecule has 0 aromatic heterocycles. The molecule has 0 fully saturated rings. The average molecular weight is 552 g/mol. The normalized spacial score (nSPS) is 11.9. The third-order valence-corrected chi connectivity index (χ3v) is 8.23. The van der Waals surface area contributed by atoms with E-state index in [2.05, 4.69) is 5.32 Å². The summed E-state index contributed by atoms with van der Waals surface area (Å²) in [6.07, 6.45) is 0. The van der Waals surface area contributed by atoms with E-state index >= 15 is 0 Å². The van der Waals surface area contributed by atoms with Crippen molar-refractivity contribution in [3.05, 3.63) is 89.5 Å². The van der Waals surface area contributed by atoms with Gasteiger partial charge < -0.3 is 15.0 Å². The summed E-state index contributed by atoms with van der Waals surface area (Å²) < 4.78 is 34.4. The van der Waals surface area contributed by atoms with E-state index in [0.29, 0.717) is 24.6 Å². The molecule has 0 bridgehead atoms. The fourth-order valence-corrected chi connectivity index (χ4v) is 5.53. The van der Waals surface area contributed by atoms with E-state index < -0.39 is 28.5 Å². The van der Waals surface area contributed by atoms with Crippen LogP contribution in [0.15, 0.2) is 77.7 Å². The Morgan fingerprint density at radius 1 is 0.923 bits per heavy atom. The molecule has 1 atom stereocenters. The first-order valence-corrected chi connectivity index (χ1v) is 14.5. The van der Waals surface area contributed by atoms with Gasteiger partial charge in [-0.25, -0.2) is 8.42 Å². The molecule has 0 aliphatic heterocycles. The number of amides is 2. The Hall–Kier alpha value is -3.85. The lowest BCUT2D eigenvalue weighted by Crippen LogP contribution is -2.51. The van der Waals surface area contributed by atoms with Crippen molar-refractivity contribution >= 4 is 27.5 Å². The zero-order valence-corrected chi connectivity index (χ0v) is 24.0. The Kier molecular flexibility index (Phi) is 10.1. The van der Waals surface area contributed by atoms with Crippen molar-refractivity contribution in [3.8, 4) is 5.75 Å². The number of benzene rings is 3. The number of hydrogen-bond acceptors (Lipinski definition) is 5. The summed E-state index contributed by atoms with van der Waals surface area (Å²) in [5.74, 6) is -0.221. The molecule has 0 saturated carbocycles. The highest BCUT2D eigenvalue weighted by molar-refractivity contribution is 7.92. The van der Waals surface area contributed by atoms with Crippen molar-refractivity contribution in [1.29, 1.82) is 0 Å². The van der Waals surface area contributed by atoms with Crippen molar-refractivity contribution in [1.82, 2.24) is 10.2 Å². The number of carbonyl (C=O) groups excluding carboxylic acids is 2. The molecule has 1 N–H and O–H groups in total. The van der Waals surface area contributed by atoms with Crippen LogP contribution in [0, 0.1) is 13.8 Å². The predicted octanol–water partition coefficient (Wildman–Crippen LogP) is 4.45. The van der Waals surface area contributed by atoms with Gasteiger partial charge in [0.15, 0.2) is 0 Å². The molecule has 0 unspecified atom stereocenters. The number of aryl methyl sites for hydroxylation is 2. The fourth-order valence-electron chi connectivity index (χ4n) is 4.12. The van der Waals surface area contributed by atoms with Crippen molar-refractivity contribution in [3.63, 3.8) is 0 Å². The summed E-state index contributed by atoms with van der Waals surface area (Å²) >= 11 is 0. The van der Waals surface area contributed by atoms with Crippen LogP contribution >= 0.6 is 0 Å². The number of nitrogens with zero attached hydrogens (tertiary/aromatic N) is 2. The molecular weight excluding hydrogens is 514 g/mol. The molecule has 0 radical (unpaired) electrons. The number of ether oxygens (including phenoxy) is 1. The van der Waals surface area contributed by atoms with Crippen molar-refractivity contribution in [2.45, 2.75) is 52.1 Å². The predicted molar refractivity (Wildman–Crippen MR) is 153 cm³/mol. The maximum Gasteiger partial charge on any atom is 0.264 e. The Balaban J connectivity index is 2.04. The van der Waals surface area contributed by atoms with E-state index in [4.69, 9.17) is 4.74 Å². The molecule has 2 amide bonds. The molecule has 0 saturated heterocycles. The first kappa shape index (κ1) is 29.7. The Labute approximate surface area is 231 Å². The molecule has 8 nitrogen and oxygen atoms in total. The van der Waals surface area contributed by atoms with Gasteiger partial charge in [-0.2, -0.15) is 0 Å². The van der Waals surface area contributed by atoms with E-state index in [1.165, 1.54) is 17.0 Å². The average Bonchev–Trinajstić information content (AvgIpc) is 2.92. The molecule has 0 heterocycles. The lowest BCUT2D eigenvalue weighted by Gasteiger charge is -2.32. The van der Waals surface area contributed by atoms with Gasteiger partial charge in [0, 0.05) is 13.1 Å². The quantitative estimate of drug-likeness (QED) is 0.359. The highest BCUT2D eigenvalue weighted by Crippen LogP contribution is 2.27. The maximum atomic E-state index is 13.9. The molecule has 39 heavy (non-hydrogen) atoms. The van der Waals surface area contributed by atoms with Crippen LogP contribution < -0.4 is 14.4 Å². The number of likely N-dealkylation sites (N-methyl/N-ethyl adjacent to an activating group) is 1. The van der Waals surface area contributed by atoms with E-state index in [0.717, 1.165) is 21.0 Å². The molecule has 208 valence electrons. The molecule has 3 aromatic rings. The summed E-state index contributed by atoms with van der Waals surface area (Å²) in [7, 11) is -4.12. The topological polar surface area (TPSA) is 96.0 Å². The van der Waals surface area contributed by atoms with Gasteiger partial charge in [0.25, 0.3) is 10.0 Å². The molecular formula is C30H37N3O5S. The Bertz CT molecular complexity index is 1370. The molecule has 0 aliphatic carbocycles. The zero-order chi connectivity index (χ0) is 28.6. The van der Waals surface area contributed by atoms with Crippen molar-refractivity contribution in [2.75, 3.05) is 24.0 Å². The number of hydrogen-bond donors (Lipinski definition) is 1. The van der Waals surface area contributed by atoms with Crippen LogP contribution in [0.1, 0.15) is 37.5 Å². The lowest BCUT2D eigenvalue weighted by atomic mass is 10.1. The fraction of sp³-hybridized carbons (Fsp3) is 0.333.